The maximum absolute atomic E-state index is 9.61. The average Bonchev–Trinajstić information content (AvgIpc) is 2.27. The number of para-hydroxylation sites is 1. The van der Waals surface area contributed by atoms with Crippen LogP contribution in [-0.4, -0.2) is 43.2 Å². The lowest BCUT2D eigenvalue weighted by atomic mass is 10.1. The first kappa shape index (κ1) is 11.4. The van der Waals surface area contributed by atoms with Crippen molar-refractivity contribution in [2.75, 3.05) is 32.1 Å². The van der Waals surface area contributed by atoms with Crippen LogP contribution in [0.5, 0.6) is 0 Å². The van der Waals surface area contributed by atoms with Gasteiger partial charge in [0.2, 0.25) is 6.41 Å². The Morgan fingerprint density at radius 3 is 3.06 bits per heavy atom. The van der Waals surface area contributed by atoms with Gasteiger partial charge in [0.25, 0.3) is 0 Å². The molecule has 1 atom stereocenters. The van der Waals surface area contributed by atoms with E-state index in [2.05, 4.69) is 23.3 Å². The van der Waals surface area contributed by atoms with Gasteiger partial charge in [0.15, 0.2) is 0 Å². The van der Waals surface area contributed by atoms with E-state index >= 15 is 0 Å². The molecular weight excluding hydrogens is 204 g/mol. The van der Waals surface area contributed by atoms with Crippen molar-refractivity contribution in [1.82, 2.24) is 4.90 Å². The van der Waals surface area contributed by atoms with E-state index in [0.29, 0.717) is 6.61 Å². The highest BCUT2D eigenvalue weighted by Crippen LogP contribution is 2.17. The first-order valence-corrected chi connectivity index (χ1v) is 5.58. The molecule has 0 aliphatic carbocycles. The molecule has 4 heteroatoms. The molecule has 2 rings (SSSR count). The first-order valence-electron chi connectivity index (χ1n) is 5.58. The second kappa shape index (κ2) is 5.30. The summed E-state index contributed by atoms with van der Waals surface area (Å²) in [4.78, 5) is 2.20. The number of fused-ring (bicyclic) bond motifs is 1. The minimum absolute atomic E-state index is 0.535. The molecule has 0 aromatic heterocycles. The van der Waals surface area contributed by atoms with E-state index in [0.717, 1.165) is 25.2 Å². The van der Waals surface area contributed by atoms with Crippen LogP contribution in [0, 0.1) is 0 Å². The predicted molar refractivity (Wildman–Crippen MR) is 63.2 cm³/mol. The molecule has 1 unspecified atom stereocenters. The van der Waals surface area contributed by atoms with Gasteiger partial charge in [-0.3, -0.25) is 0 Å². The van der Waals surface area contributed by atoms with E-state index in [4.69, 9.17) is 4.74 Å². The van der Waals surface area contributed by atoms with Crippen LogP contribution < -0.4 is 5.32 Å². The number of hydrogen-bond donors (Lipinski definition) is 2. The lowest BCUT2D eigenvalue weighted by Crippen LogP contribution is -2.32. The molecule has 1 aromatic carbocycles. The number of aliphatic hydroxyl groups is 1. The third-order valence-electron chi connectivity index (χ3n) is 2.81. The molecule has 2 N–H and O–H groups in total. The summed E-state index contributed by atoms with van der Waals surface area (Å²) in [7, 11) is 2.06. The number of nitrogens with zero attached hydrogens (tertiary/aromatic N) is 1. The molecule has 0 bridgehead atoms. The van der Waals surface area contributed by atoms with E-state index in [1.165, 1.54) is 5.56 Å². The van der Waals surface area contributed by atoms with Crippen molar-refractivity contribution in [3.63, 3.8) is 0 Å². The van der Waals surface area contributed by atoms with Gasteiger partial charge < -0.3 is 20.1 Å². The molecule has 88 valence electrons. The van der Waals surface area contributed by atoms with Crippen LogP contribution >= 0.6 is 0 Å². The zero-order chi connectivity index (χ0) is 11.4. The van der Waals surface area contributed by atoms with E-state index in [-0.39, 0.29) is 0 Å². The summed E-state index contributed by atoms with van der Waals surface area (Å²) < 4.78 is 5.25. The maximum atomic E-state index is 9.61. The zero-order valence-corrected chi connectivity index (χ0v) is 9.52. The molecular formula is C12H18N2O2. The number of likely N-dealkylation sites (N-methyl/N-ethyl adjacent to an activating group) is 1. The Labute approximate surface area is 95.8 Å². The number of aliphatic hydroxyl groups excluding tert-OH is 1. The second-order valence-electron chi connectivity index (χ2n) is 4.08. The number of rotatable bonds is 0. The molecule has 1 aliphatic heterocycles. The van der Waals surface area contributed by atoms with E-state index in [1.807, 2.05) is 18.2 Å². The Morgan fingerprint density at radius 2 is 2.19 bits per heavy atom. The minimum Gasteiger partial charge on any atom is -0.351 e. The molecule has 16 heavy (non-hydrogen) atoms. The van der Waals surface area contributed by atoms with Gasteiger partial charge in [0.1, 0.15) is 0 Å². The summed E-state index contributed by atoms with van der Waals surface area (Å²) in [5, 5.41) is 12.6. The standard InChI is InChI=1S/C12H18N2O2/c1-14-7-6-10-4-2-3-5-11(10)13-12(15)16-9-8-14/h2-5,12-13,15H,6-9H2,1H3. The van der Waals surface area contributed by atoms with E-state index in [1.54, 1.807) is 0 Å². The highest BCUT2D eigenvalue weighted by Gasteiger charge is 2.11. The van der Waals surface area contributed by atoms with Gasteiger partial charge in [-0.25, -0.2) is 0 Å². The summed E-state index contributed by atoms with van der Waals surface area (Å²) in [5.74, 6) is 0. The Bertz CT molecular complexity index is 344. The van der Waals surface area contributed by atoms with Crippen molar-refractivity contribution < 1.29 is 9.84 Å². The third-order valence-corrected chi connectivity index (χ3v) is 2.81. The summed E-state index contributed by atoms with van der Waals surface area (Å²) in [6.45, 7) is 2.37. The molecule has 0 spiro atoms. The van der Waals surface area contributed by atoms with Crippen LogP contribution in [0.15, 0.2) is 24.3 Å². The fourth-order valence-corrected chi connectivity index (χ4v) is 1.80. The van der Waals surface area contributed by atoms with Crippen LogP contribution in [0.2, 0.25) is 0 Å². The maximum Gasteiger partial charge on any atom is 0.235 e. The molecule has 0 radical (unpaired) electrons. The molecule has 0 saturated carbocycles. The second-order valence-corrected chi connectivity index (χ2v) is 4.08. The summed E-state index contributed by atoms with van der Waals surface area (Å²) in [6.07, 6.45) is 0.0551. The Kier molecular flexibility index (Phi) is 3.77. The third kappa shape index (κ3) is 2.95. The van der Waals surface area contributed by atoms with Gasteiger partial charge in [-0.05, 0) is 25.1 Å². The summed E-state index contributed by atoms with van der Waals surface area (Å²) in [5.41, 5.74) is 2.16. The smallest absolute Gasteiger partial charge is 0.235 e. The Hall–Kier alpha value is -1.10. The van der Waals surface area contributed by atoms with Crippen molar-refractivity contribution in [3.8, 4) is 0 Å². The summed E-state index contributed by atoms with van der Waals surface area (Å²) >= 11 is 0. The largest absolute Gasteiger partial charge is 0.351 e. The van der Waals surface area contributed by atoms with E-state index < -0.39 is 6.41 Å². The molecule has 0 saturated heterocycles. The van der Waals surface area contributed by atoms with Gasteiger partial charge in [-0.15, -0.1) is 0 Å². The van der Waals surface area contributed by atoms with E-state index in [9.17, 15) is 5.11 Å². The van der Waals surface area contributed by atoms with Crippen LogP contribution in [0.1, 0.15) is 5.56 Å². The van der Waals surface area contributed by atoms with Crippen LogP contribution in [-0.2, 0) is 11.2 Å². The number of nitrogens with one attached hydrogen (secondary N) is 1. The monoisotopic (exact) mass is 222 g/mol. The lowest BCUT2D eigenvalue weighted by Gasteiger charge is -2.23. The highest BCUT2D eigenvalue weighted by molar-refractivity contribution is 5.51. The summed E-state index contributed by atoms with van der Waals surface area (Å²) in [6, 6.07) is 8.00. The van der Waals surface area contributed by atoms with Gasteiger partial charge in [0, 0.05) is 18.8 Å². The minimum atomic E-state index is -0.923. The van der Waals surface area contributed by atoms with Crippen LogP contribution in [0.4, 0.5) is 5.69 Å². The normalized spacial score (nSPS) is 23.2. The van der Waals surface area contributed by atoms with Crippen molar-refractivity contribution in [2.24, 2.45) is 0 Å². The number of anilines is 1. The molecule has 0 amide bonds. The molecule has 1 heterocycles. The van der Waals surface area contributed by atoms with Crippen molar-refractivity contribution in [2.45, 2.75) is 12.8 Å². The number of ether oxygens (including phenoxy) is 1. The SMILES string of the molecule is CN1CCOC(O)Nc2ccccc2CC1. The van der Waals surface area contributed by atoms with Crippen molar-refractivity contribution in [3.05, 3.63) is 29.8 Å². The van der Waals surface area contributed by atoms with Gasteiger partial charge in [-0.1, -0.05) is 18.2 Å². The fraction of sp³-hybridized carbons (Fsp3) is 0.500. The van der Waals surface area contributed by atoms with Crippen molar-refractivity contribution >= 4 is 5.69 Å². The molecule has 1 aliphatic rings. The Balaban J connectivity index is 2.17. The Morgan fingerprint density at radius 1 is 1.38 bits per heavy atom. The molecule has 0 fully saturated rings. The quantitative estimate of drug-likeness (QED) is 0.684. The number of hydrogen-bond acceptors (Lipinski definition) is 4. The van der Waals surface area contributed by atoms with Crippen molar-refractivity contribution in [1.29, 1.82) is 0 Å². The molecule has 4 nitrogen and oxygen atoms in total. The van der Waals surface area contributed by atoms with Gasteiger partial charge in [-0.2, -0.15) is 0 Å². The first-order chi connectivity index (χ1) is 7.75. The zero-order valence-electron chi connectivity index (χ0n) is 9.52. The topological polar surface area (TPSA) is 44.7 Å². The average molecular weight is 222 g/mol. The highest BCUT2D eigenvalue weighted by atomic mass is 16.6. The number of benzene rings is 1. The molecule has 1 aromatic rings. The van der Waals surface area contributed by atoms with Gasteiger partial charge >= 0.3 is 0 Å². The van der Waals surface area contributed by atoms with Crippen LogP contribution in [0.3, 0.4) is 0 Å². The lowest BCUT2D eigenvalue weighted by molar-refractivity contribution is -0.0821. The fourth-order valence-electron chi connectivity index (χ4n) is 1.80. The van der Waals surface area contributed by atoms with Gasteiger partial charge in [0.05, 0.1) is 6.61 Å². The predicted octanol–water partition coefficient (Wildman–Crippen LogP) is 0.879. The van der Waals surface area contributed by atoms with Crippen LogP contribution in [0.25, 0.3) is 0 Å².